The van der Waals surface area contributed by atoms with E-state index in [-0.39, 0.29) is 34.7 Å². The molecule has 0 bridgehead atoms. The van der Waals surface area contributed by atoms with Crippen LogP contribution in [0.3, 0.4) is 0 Å². The lowest BCUT2D eigenvalue weighted by atomic mass is 9.93. The van der Waals surface area contributed by atoms with Gasteiger partial charge in [0.1, 0.15) is 11.5 Å². The summed E-state index contributed by atoms with van der Waals surface area (Å²) in [6, 6.07) is 10.8. The van der Waals surface area contributed by atoms with Crippen LogP contribution in [0.2, 0.25) is 0 Å². The van der Waals surface area contributed by atoms with Crippen LogP contribution in [0.1, 0.15) is 24.0 Å². The maximum Gasteiger partial charge on any atom is 0.356 e. The Morgan fingerprint density at radius 3 is 2.38 bits per heavy atom. The Balaban J connectivity index is 2.38. The zero-order valence-electron chi connectivity index (χ0n) is 11.5. The number of aromatic hydroxyl groups is 2. The molecule has 0 aliphatic rings. The highest BCUT2D eigenvalue weighted by molar-refractivity contribution is 7.60. The maximum absolute atomic E-state index is 11.5. The van der Waals surface area contributed by atoms with Gasteiger partial charge < -0.3 is 20.0 Å². The second-order valence-electron chi connectivity index (χ2n) is 5.02. The van der Waals surface area contributed by atoms with Crippen LogP contribution in [0.25, 0.3) is 0 Å². The molecule has 0 fully saturated rings. The van der Waals surface area contributed by atoms with Crippen LogP contribution in [-0.2, 0) is 11.0 Å². The van der Waals surface area contributed by atoms with Gasteiger partial charge in [-0.3, -0.25) is 4.57 Å². The molecule has 0 aliphatic carbocycles. The molecule has 1 atom stereocenters. The molecule has 21 heavy (non-hydrogen) atoms. The first-order valence-electron chi connectivity index (χ1n) is 6.45. The number of phenols is 2. The molecular formula is C15H17O5P. The largest absolute Gasteiger partial charge is 0.508 e. The first-order chi connectivity index (χ1) is 9.79. The third-order valence-electron chi connectivity index (χ3n) is 3.39. The van der Waals surface area contributed by atoms with Gasteiger partial charge in [0.2, 0.25) is 0 Å². The Morgan fingerprint density at radius 1 is 1.10 bits per heavy atom. The quantitative estimate of drug-likeness (QED) is 0.649. The first kappa shape index (κ1) is 15.6. The molecule has 0 spiro atoms. The minimum Gasteiger partial charge on any atom is -0.508 e. The van der Waals surface area contributed by atoms with E-state index in [9.17, 15) is 24.6 Å². The second kappa shape index (κ2) is 5.90. The highest BCUT2D eigenvalue weighted by atomic mass is 31.2. The molecule has 0 saturated heterocycles. The van der Waals surface area contributed by atoms with Gasteiger partial charge in [-0.2, -0.15) is 0 Å². The molecule has 0 aromatic heterocycles. The van der Waals surface area contributed by atoms with Gasteiger partial charge in [0, 0.05) is 5.56 Å². The van der Waals surface area contributed by atoms with E-state index in [1.54, 1.807) is 18.2 Å². The molecule has 4 N–H and O–H groups in total. The summed E-state index contributed by atoms with van der Waals surface area (Å²) in [6.07, 6.45) is 0.260. The number of benzene rings is 2. The molecule has 2 aromatic carbocycles. The molecule has 0 heterocycles. The van der Waals surface area contributed by atoms with E-state index >= 15 is 0 Å². The molecule has 2 aromatic rings. The number of phenolic OH excluding ortho intramolecular Hbond substituents is 2. The van der Waals surface area contributed by atoms with Gasteiger partial charge in [-0.15, -0.1) is 0 Å². The lowest BCUT2D eigenvalue weighted by Gasteiger charge is -2.17. The summed E-state index contributed by atoms with van der Waals surface area (Å²) in [7, 11) is -4.45. The summed E-state index contributed by atoms with van der Waals surface area (Å²) in [5, 5.41) is 19.2. The topological polar surface area (TPSA) is 98.0 Å². The lowest BCUT2D eigenvalue weighted by molar-refractivity contribution is 0.386. The average Bonchev–Trinajstić information content (AvgIpc) is 2.39. The fourth-order valence-electron chi connectivity index (χ4n) is 2.30. The highest BCUT2D eigenvalue weighted by Crippen LogP contribution is 2.38. The van der Waals surface area contributed by atoms with Crippen molar-refractivity contribution >= 4 is 12.9 Å². The fraction of sp³-hybridized carbons (Fsp3) is 0.200. The van der Waals surface area contributed by atoms with Crippen molar-refractivity contribution in [3.05, 3.63) is 53.6 Å². The van der Waals surface area contributed by atoms with Gasteiger partial charge in [-0.25, -0.2) is 0 Å². The number of hydrogen-bond donors (Lipinski definition) is 4. The Kier molecular flexibility index (Phi) is 4.37. The van der Waals surface area contributed by atoms with Crippen LogP contribution in [0.15, 0.2) is 42.5 Å². The van der Waals surface area contributed by atoms with Gasteiger partial charge in [-0.1, -0.05) is 25.1 Å². The first-order valence-corrected chi connectivity index (χ1v) is 8.06. The van der Waals surface area contributed by atoms with E-state index in [2.05, 4.69) is 0 Å². The summed E-state index contributed by atoms with van der Waals surface area (Å²) >= 11 is 0. The van der Waals surface area contributed by atoms with Gasteiger partial charge in [-0.05, 0) is 42.2 Å². The van der Waals surface area contributed by atoms with Crippen LogP contribution < -0.4 is 5.30 Å². The van der Waals surface area contributed by atoms with E-state index < -0.39 is 7.60 Å². The average molecular weight is 308 g/mol. The monoisotopic (exact) mass is 308 g/mol. The zero-order valence-corrected chi connectivity index (χ0v) is 12.4. The molecule has 2 rings (SSSR count). The van der Waals surface area contributed by atoms with Crippen molar-refractivity contribution in [2.24, 2.45) is 0 Å². The second-order valence-corrected chi connectivity index (χ2v) is 6.59. The van der Waals surface area contributed by atoms with Crippen LogP contribution in [-0.4, -0.2) is 20.0 Å². The number of hydrogen-bond acceptors (Lipinski definition) is 3. The van der Waals surface area contributed by atoms with Crippen LogP contribution in [0.4, 0.5) is 0 Å². The summed E-state index contributed by atoms with van der Waals surface area (Å²) in [5.41, 5.74) is 1.07. The summed E-state index contributed by atoms with van der Waals surface area (Å²) in [6.45, 7) is 1.87. The standard InChI is InChI=1S/C15H17O5P/c1-10(11-4-2-5-12(16)9-11)8-13-14(17)6-3-7-15(13)21(18,19)20/h2-7,9-10,16-17H,8H2,1H3,(H2,18,19,20). The molecule has 6 heteroatoms. The Bertz CT molecular complexity index is 692. The maximum atomic E-state index is 11.5. The van der Waals surface area contributed by atoms with Crippen LogP contribution >= 0.6 is 7.60 Å². The van der Waals surface area contributed by atoms with E-state index in [4.69, 9.17) is 0 Å². The predicted molar refractivity (Wildman–Crippen MR) is 80.0 cm³/mol. The van der Waals surface area contributed by atoms with Crippen molar-refractivity contribution in [3.63, 3.8) is 0 Å². The van der Waals surface area contributed by atoms with E-state index in [1.807, 2.05) is 13.0 Å². The number of rotatable bonds is 4. The predicted octanol–water partition coefficient (Wildman–Crippen LogP) is 2.25. The Hall–Kier alpha value is -1.81. The van der Waals surface area contributed by atoms with Crippen molar-refractivity contribution in [1.82, 2.24) is 0 Å². The third kappa shape index (κ3) is 3.64. The van der Waals surface area contributed by atoms with Gasteiger partial charge in [0.15, 0.2) is 0 Å². The minimum atomic E-state index is -4.45. The van der Waals surface area contributed by atoms with Gasteiger partial charge in [0.25, 0.3) is 0 Å². The van der Waals surface area contributed by atoms with E-state index in [0.717, 1.165) is 5.56 Å². The van der Waals surface area contributed by atoms with Crippen molar-refractivity contribution in [2.75, 3.05) is 0 Å². The molecule has 0 amide bonds. The molecule has 0 saturated carbocycles. The Labute approximate surface area is 122 Å². The molecule has 112 valence electrons. The smallest absolute Gasteiger partial charge is 0.356 e. The van der Waals surface area contributed by atoms with Gasteiger partial charge >= 0.3 is 7.60 Å². The summed E-state index contributed by atoms with van der Waals surface area (Å²) in [5.74, 6) is -0.120. The molecule has 0 aliphatic heterocycles. The van der Waals surface area contributed by atoms with E-state index in [1.165, 1.54) is 18.2 Å². The molecular weight excluding hydrogens is 291 g/mol. The third-order valence-corrected chi connectivity index (χ3v) is 4.44. The molecule has 5 nitrogen and oxygen atoms in total. The normalized spacial score (nSPS) is 13.1. The summed E-state index contributed by atoms with van der Waals surface area (Å²) in [4.78, 5) is 18.8. The fourth-order valence-corrected chi connectivity index (χ4v) is 3.14. The zero-order chi connectivity index (χ0) is 15.6. The van der Waals surface area contributed by atoms with E-state index in [0.29, 0.717) is 0 Å². The Morgan fingerprint density at radius 2 is 1.76 bits per heavy atom. The summed E-state index contributed by atoms with van der Waals surface area (Å²) < 4.78 is 11.5. The van der Waals surface area contributed by atoms with Crippen molar-refractivity contribution < 1.29 is 24.6 Å². The van der Waals surface area contributed by atoms with Crippen LogP contribution in [0.5, 0.6) is 11.5 Å². The highest BCUT2D eigenvalue weighted by Gasteiger charge is 2.24. The van der Waals surface area contributed by atoms with Crippen molar-refractivity contribution in [3.8, 4) is 11.5 Å². The van der Waals surface area contributed by atoms with Crippen molar-refractivity contribution in [1.29, 1.82) is 0 Å². The van der Waals surface area contributed by atoms with Gasteiger partial charge in [0.05, 0.1) is 5.30 Å². The SMILES string of the molecule is CC(Cc1c(O)cccc1P(=O)(O)O)c1cccc(O)c1. The molecule has 1 unspecified atom stereocenters. The van der Waals surface area contributed by atoms with Crippen molar-refractivity contribution in [2.45, 2.75) is 19.3 Å². The van der Waals surface area contributed by atoms with Crippen LogP contribution in [0, 0.1) is 0 Å². The minimum absolute atomic E-state index is 0.115. The lowest BCUT2D eigenvalue weighted by Crippen LogP contribution is -2.13. The molecule has 0 radical (unpaired) electrons.